The van der Waals surface area contributed by atoms with E-state index in [2.05, 4.69) is 35.4 Å². The van der Waals surface area contributed by atoms with E-state index in [0.717, 1.165) is 10.5 Å². The molecule has 1 N–H and O–H groups in total. The molecule has 0 saturated heterocycles. The summed E-state index contributed by atoms with van der Waals surface area (Å²) in [5.41, 5.74) is 2.27. The maximum Gasteiger partial charge on any atom is 0.234 e. The van der Waals surface area contributed by atoms with Crippen LogP contribution in [0.1, 0.15) is 23.4 Å². The molecule has 5 heteroatoms. The lowest BCUT2D eigenvalue weighted by molar-refractivity contribution is -0.122. The Morgan fingerprint density at radius 3 is 2.64 bits per heavy atom. The fraction of sp³-hybridized carbons (Fsp3) is 0.300. The summed E-state index contributed by atoms with van der Waals surface area (Å²) in [5, 5.41) is 4.06. The molecule has 0 bridgehead atoms. The van der Waals surface area contributed by atoms with Gasteiger partial charge in [-0.3, -0.25) is 9.69 Å². The van der Waals surface area contributed by atoms with Crippen molar-refractivity contribution in [1.29, 1.82) is 0 Å². The Hall–Kier alpha value is -2.24. The molecule has 0 spiro atoms. The van der Waals surface area contributed by atoms with Crippen molar-refractivity contribution in [3.8, 4) is 0 Å². The summed E-state index contributed by atoms with van der Waals surface area (Å²) >= 11 is 1.68. The lowest BCUT2D eigenvalue weighted by Crippen LogP contribution is -2.36. The molecule has 0 aliphatic rings. The highest BCUT2D eigenvalue weighted by atomic mass is 32.1. The number of fused-ring (bicyclic) bond motifs is 1. The molecule has 3 rings (SSSR count). The maximum absolute atomic E-state index is 12.2. The van der Waals surface area contributed by atoms with E-state index in [1.807, 2.05) is 48.3 Å². The highest BCUT2D eigenvalue weighted by Crippen LogP contribution is 2.22. The van der Waals surface area contributed by atoms with Gasteiger partial charge in [0.05, 0.1) is 23.3 Å². The summed E-state index contributed by atoms with van der Waals surface area (Å²) in [6.07, 6.45) is 0. The van der Waals surface area contributed by atoms with Crippen molar-refractivity contribution in [2.75, 3.05) is 20.1 Å². The second-order valence-corrected chi connectivity index (χ2v) is 7.48. The van der Waals surface area contributed by atoms with Crippen LogP contribution in [0.15, 0.2) is 54.6 Å². The third kappa shape index (κ3) is 4.87. The Bertz CT molecular complexity index is 798. The van der Waals surface area contributed by atoms with Gasteiger partial charge in [-0.15, -0.1) is 11.3 Å². The monoisotopic (exact) mass is 353 g/mol. The zero-order valence-corrected chi connectivity index (χ0v) is 15.4. The minimum Gasteiger partial charge on any atom is -0.354 e. The number of aromatic nitrogens is 1. The van der Waals surface area contributed by atoms with Crippen molar-refractivity contribution in [3.63, 3.8) is 0 Å². The van der Waals surface area contributed by atoms with Crippen LogP contribution in [0.2, 0.25) is 0 Å². The van der Waals surface area contributed by atoms with E-state index in [4.69, 9.17) is 0 Å². The lowest BCUT2D eigenvalue weighted by atomic mass is 10.0. The molecular formula is C20H23N3OS. The van der Waals surface area contributed by atoms with Gasteiger partial charge in [0.25, 0.3) is 0 Å². The number of hydrogen-bond acceptors (Lipinski definition) is 4. The Kier molecular flexibility index (Phi) is 5.79. The number of amides is 1. The molecule has 1 heterocycles. The Labute approximate surface area is 152 Å². The van der Waals surface area contributed by atoms with Crippen LogP contribution < -0.4 is 5.32 Å². The number of thiazole rings is 1. The second-order valence-electron chi connectivity index (χ2n) is 6.36. The van der Waals surface area contributed by atoms with Crippen LogP contribution in [0.5, 0.6) is 0 Å². The zero-order chi connectivity index (χ0) is 17.6. The molecular weight excluding hydrogens is 330 g/mol. The molecule has 0 unspecified atom stereocenters. The molecule has 1 amide bonds. The zero-order valence-electron chi connectivity index (χ0n) is 14.6. The summed E-state index contributed by atoms with van der Waals surface area (Å²) in [7, 11) is 1.95. The van der Waals surface area contributed by atoms with E-state index < -0.39 is 0 Å². The molecule has 0 saturated carbocycles. The first-order valence-electron chi connectivity index (χ1n) is 8.46. The van der Waals surface area contributed by atoms with Crippen LogP contribution >= 0.6 is 11.3 Å². The standard InChI is InChI=1S/C20H23N3OS/c1-15(16-8-4-3-5-9-16)12-21-19(24)13-23(2)14-20-22-17-10-6-7-11-18(17)25-20/h3-11,15H,12-14H2,1-2H3,(H,21,24)/t15-/m1/s1. The van der Waals surface area contributed by atoms with Gasteiger partial charge in [-0.2, -0.15) is 0 Å². The average Bonchev–Trinajstić information content (AvgIpc) is 3.02. The first-order valence-corrected chi connectivity index (χ1v) is 9.28. The maximum atomic E-state index is 12.2. The number of benzene rings is 2. The van der Waals surface area contributed by atoms with Crippen LogP contribution in [0.4, 0.5) is 0 Å². The number of rotatable bonds is 7. The average molecular weight is 353 g/mol. The van der Waals surface area contributed by atoms with Crippen molar-refractivity contribution < 1.29 is 4.79 Å². The summed E-state index contributed by atoms with van der Waals surface area (Å²) in [4.78, 5) is 18.8. The highest BCUT2D eigenvalue weighted by Gasteiger charge is 2.12. The number of likely N-dealkylation sites (N-methyl/N-ethyl adjacent to an activating group) is 1. The molecule has 0 aliphatic heterocycles. The van der Waals surface area contributed by atoms with Crippen molar-refractivity contribution >= 4 is 27.5 Å². The smallest absolute Gasteiger partial charge is 0.234 e. The summed E-state index contributed by atoms with van der Waals surface area (Å²) in [5.74, 6) is 0.353. The highest BCUT2D eigenvalue weighted by molar-refractivity contribution is 7.18. The lowest BCUT2D eigenvalue weighted by Gasteiger charge is -2.17. The number of nitrogens with zero attached hydrogens (tertiary/aromatic N) is 2. The normalized spacial score (nSPS) is 12.4. The molecule has 130 valence electrons. The molecule has 0 radical (unpaired) electrons. The predicted molar refractivity (Wildman–Crippen MR) is 104 cm³/mol. The van der Waals surface area contributed by atoms with Crippen molar-refractivity contribution in [2.24, 2.45) is 0 Å². The first kappa shape index (κ1) is 17.6. The number of carbonyl (C=O) groups is 1. The molecule has 3 aromatic rings. The predicted octanol–water partition coefficient (Wildman–Crippen LogP) is 3.65. The van der Waals surface area contributed by atoms with Gasteiger partial charge in [0.2, 0.25) is 5.91 Å². The first-order chi connectivity index (χ1) is 12.1. The van der Waals surface area contributed by atoms with Crippen LogP contribution in [-0.2, 0) is 11.3 Å². The van der Waals surface area contributed by atoms with Crippen molar-refractivity contribution in [2.45, 2.75) is 19.4 Å². The van der Waals surface area contributed by atoms with Gasteiger partial charge in [-0.25, -0.2) is 4.98 Å². The number of hydrogen-bond donors (Lipinski definition) is 1. The quantitative estimate of drug-likeness (QED) is 0.705. The van der Waals surface area contributed by atoms with Crippen LogP contribution in [0.25, 0.3) is 10.2 Å². The molecule has 0 aliphatic carbocycles. The van der Waals surface area contributed by atoms with Crippen LogP contribution in [0, 0.1) is 0 Å². The third-order valence-corrected chi connectivity index (χ3v) is 5.15. The van der Waals surface area contributed by atoms with Crippen LogP contribution in [0.3, 0.4) is 0 Å². The number of carbonyl (C=O) groups excluding carboxylic acids is 1. The summed E-state index contributed by atoms with van der Waals surface area (Å²) < 4.78 is 1.19. The van der Waals surface area contributed by atoms with E-state index >= 15 is 0 Å². The van der Waals surface area contributed by atoms with Crippen molar-refractivity contribution in [3.05, 3.63) is 65.2 Å². The van der Waals surface area contributed by atoms with Gasteiger partial charge in [-0.1, -0.05) is 49.4 Å². The minimum atomic E-state index is 0.0476. The van der Waals surface area contributed by atoms with Crippen molar-refractivity contribution in [1.82, 2.24) is 15.2 Å². The Morgan fingerprint density at radius 2 is 1.88 bits per heavy atom. The fourth-order valence-electron chi connectivity index (χ4n) is 2.74. The van der Waals surface area contributed by atoms with Crippen LogP contribution in [-0.4, -0.2) is 35.9 Å². The minimum absolute atomic E-state index is 0.0476. The topological polar surface area (TPSA) is 45.2 Å². The third-order valence-electron chi connectivity index (χ3n) is 4.13. The molecule has 1 aromatic heterocycles. The van der Waals surface area contributed by atoms with E-state index in [-0.39, 0.29) is 5.91 Å². The van der Waals surface area contributed by atoms with Gasteiger partial charge in [-0.05, 0) is 30.7 Å². The number of nitrogens with one attached hydrogen (secondary N) is 1. The van der Waals surface area contributed by atoms with Gasteiger partial charge >= 0.3 is 0 Å². The molecule has 0 fully saturated rings. The Balaban J connectivity index is 1.47. The second kappa shape index (κ2) is 8.23. The van der Waals surface area contributed by atoms with Gasteiger partial charge in [0.15, 0.2) is 0 Å². The number of para-hydroxylation sites is 1. The van der Waals surface area contributed by atoms with E-state index in [9.17, 15) is 4.79 Å². The SMILES string of the molecule is C[C@H](CNC(=O)CN(C)Cc1nc2ccccc2s1)c1ccccc1. The van der Waals surface area contributed by atoms with E-state index in [1.54, 1.807) is 11.3 Å². The van der Waals surface area contributed by atoms with Gasteiger partial charge in [0, 0.05) is 6.54 Å². The molecule has 1 atom stereocenters. The molecule has 25 heavy (non-hydrogen) atoms. The van der Waals surface area contributed by atoms with E-state index in [1.165, 1.54) is 10.3 Å². The molecule has 2 aromatic carbocycles. The van der Waals surface area contributed by atoms with Gasteiger partial charge in [0.1, 0.15) is 5.01 Å². The summed E-state index contributed by atoms with van der Waals surface area (Å²) in [6.45, 7) is 3.83. The fourth-order valence-corrected chi connectivity index (χ4v) is 3.79. The summed E-state index contributed by atoms with van der Waals surface area (Å²) in [6, 6.07) is 18.4. The largest absolute Gasteiger partial charge is 0.354 e. The van der Waals surface area contributed by atoms with E-state index in [0.29, 0.717) is 25.6 Å². The van der Waals surface area contributed by atoms with Gasteiger partial charge < -0.3 is 5.32 Å². The Morgan fingerprint density at radius 1 is 1.16 bits per heavy atom. The molecule has 4 nitrogen and oxygen atoms in total.